The minimum atomic E-state index is -1.36. The molecule has 3 N–H and O–H groups in total. The van der Waals surface area contributed by atoms with Crippen LogP contribution in [0.4, 0.5) is 4.79 Å². The third-order valence-corrected chi connectivity index (χ3v) is 6.35. The van der Waals surface area contributed by atoms with E-state index < -0.39 is 24.1 Å². The summed E-state index contributed by atoms with van der Waals surface area (Å²) < 4.78 is 15.1. The summed E-state index contributed by atoms with van der Waals surface area (Å²) >= 11 is 0. The molecule has 0 saturated heterocycles. The van der Waals surface area contributed by atoms with Crippen molar-refractivity contribution in [3.05, 3.63) is 58.7 Å². The first-order valence-corrected chi connectivity index (χ1v) is 11.7. The van der Waals surface area contributed by atoms with Gasteiger partial charge in [0.25, 0.3) is 0 Å². The van der Waals surface area contributed by atoms with Gasteiger partial charge in [-0.05, 0) is 71.2 Å². The zero-order valence-electron chi connectivity index (χ0n) is 19.5. The fourth-order valence-corrected chi connectivity index (χ4v) is 4.45. The highest BCUT2D eigenvalue weighted by Crippen LogP contribution is 2.40. The SMILES string of the molecule is CC(CO)(COC(=O)OCCCc1cc2c3c4c(ccc3c1)C=CCC4=CC2)C(=O)OCCN. The molecule has 0 radical (unpaired) electrons. The summed E-state index contributed by atoms with van der Waals surface area (Å²) in [4.78, 5) is 24.0. The highest BCUT2D eigenvalue weighted by Gasteiger charge is 2.36. The van der Waals surface area contributed by atoms with Crippen molar-refractivity contribution in [2.45, 2.75) is 32.6 Å². The summed E-state index contributed by atoms with van der Waals surface area (Å²) in [7, 11) is 0. The number of benzene rings is 2. The zero-order chi connectivity index (χ0) is 24.1. The van der Waals surface area contributed by atoms with E-state index >= 15 is 0 Å². The van der Waals surface area contributed by atoms with E-state index in [0.717, 1.165) is 19.3 Å². The molecule has 0 amide bonds. The molecule has 0 aromatic heterocycles. The quantitative estimate of drug-likeness (QED) is 0.406. The lowest BCUT2D eigenvalue weighted by Crippen LogP contribution is -2.39. The standard InChI is InChI=1S/C27H31NO6/c1-27(16-29,25(30)32-13-11-28)17-34-26(31)33-12-3-4-18-14-21-9-7-19-5-2-6-20-8-10-22(15-18)24(21)23(19)20/h2,5,7-9,14-15,29H,3-4,6,10-13,16-17,28H2,1H3. The van der Waals surface area contributed by atoms with Gasteiger partial charge in [0.15, 0.2) is 0 Å². The minimum absolute atomic E-state index is 0.0341. The van der Waals surface area contributed by atoms with E-state index in [4.69, 9.17) is 19.9 Å². The Kier molecular flexibility index (Phi) is 7.34. The summed E-state index contributed by atoms with van der Waals surface area (Å²) in [5.74, 6) is -0.673. The molecule has 0 bridgehead atoms. The third kappa shape index (κ3) is 5.00. The van der Waals surface area contributed by atoms with Gasteiger partial charge >= 0.3 is 12.1 Å². The molecule has 2 aromatic rings. The van der Waals surface area contributed by atoms with Crippen molar-refractivity contribution in [2.75, 3.05) is 33.0 Å². The van der Waals surface area contributed by atoms with E-state index in [1.807, 2.05) is 0 Å². The smallest absolute Gasteiger partial charge is 0.464 e. The second kappa shape index (κ2) is 10.4. The Morgan fingerprint density at radius 1 is 1.12 bits per heavy atom. The molecule has 4 rings (SSSR count). The maximum Gasteiger partial charge on any atom is 0.508 e. The number of nitrogens with two attached hydrogens (primary N) is 1. The lowest BCUT2D eigenvalue weighted by molar-refractivity contribution is -0.160. The number of aliphatic hydroxyl groups is 1. The number of carbonyl (C=O) groups is 2. The van der Waals surface area contributed by atoms with Gasteiger partial charge in [-0.3, -0.25) is 4.79 Å². The van der Waals surface area contributed by atoms with Crippen molar-refractivity contribution in [2.24, 2.45) is 11.1 Å². The number of esters is 1. The summed E-state index contributed by atoms with van der Waals surface area (Å²) in [5, 5.41) is 12.1. The van der Waals surface area contributed by atoms with E-state index in [1.165, 1.54) is 45.5 Å². The predicted octanol–water partition coefficient (Wildman–Crippen LogP) is 3.78. The molecule has 0 saturated carbocycles. The van der Waals surface area contributed by atoms with Crippen LogP contribution in [0.3, 0.4) is 0 Å². The van der Waals surface area contributed by atoms with Crippen molar-refractivity contribution >= 4 is 34.5 Å². The Morgan fingerprint density at radius 2 is 1.97 bits per heavy atom. The van der Waals surface area contributed by atoms with E-state index in [9.17, 15) is 14.7 Å². The van der Waals surface area contributed by atoms with Crippen LogP contribution < -0.4 is 5.73 Å². The summed E-state index contributed by atoms with van der Waals surface area (Å²) in [5.41, 5.74) is 10.6. The molecule has 2 aliphatic carbocycles. The molecule has 0 heterocycles. The number of ether oxygens (including phenoxy) is 3. The summed E-state index contributed by atoms with van der Waals surface area (Å²) in [6.07, 6.45) is 9.22. The van der Waals surface area contributed by atoms with Crippen LogP contribution in [-0.2, 0) is 31.8 Å². The molecular weight excluding hydrogens is 434 g/mol. The first-order chi connectivity index (χ1) is 16.4. The van der Waals surface area contributed by atoms with Crippen LogP contribution >= 0.6 is 0 Å². The van der Waals surface area contributed by atoms with Crippen molar-refractivity contribution in [3.63, 3.8) is 0 Å². The highest BCUT2D eigenvalue weighted by atomic mass is 16.7. The van der Waals surface area contributed by atoms with Crippen molar-refractivity contribution in [1.29, 1.82) is 0 Å². The average Bonchev–Trinajstić information content (AvgIpc) is 2.86. The number of aryl methyl sites for hydroxylation is 1. The molecule has 2 aromatic carbocycles. The van der Waals surface area contributed by atoms with E-state index in [0.29, 0.717) is 6.42 Å². The third-order valence-electron chi connectivity index (χ3n) is 6.35. The molecule has 1 unspecified atom stereocenters. The van der Waals surface area contributed by atoms with Crippen LogP contribution in [0.15, 0.2) is 36.4 Å². The molecule has 0 fully saturated rings. The fourth-order valence-electron chi connectivity index (χ4n) is 4.45. The Balaban J connectivity index is 1.29. The topological polar surface area (TPSA) is 108 Å². The van der Waals surface area contributed by atoms with Crippen molar-refractivity contribution in [1.82, 2.24) is 0 Å². The fraction of sp³-hybridized carbons (Fsp3) is 0.407. The van der Waals surface area contributed by atoms with Crippen LogP contribution in [0.5, 0.6) is 0 Å². The van der Waals surface area contributed by atoms with Crippen LogP contribution in [0.2, 0.25) is 0 Å². The Morgan fingerprint density at radius 3 is 2.76 bits per heavy atom. The highest BCUT2D eigenvalue weighted by molar-refractivity contribution is 6.02. The van der Waals surface area contributed by atoms with Gasteiger partial charge in [0, 0.05) is 6.54 Å². The second-order valence-corrected chi connectivity index (χ2v) is 9.06. The number of aliphatic hydroxyl groups excluding tert-OH is 1. The number of rotatable bonds is 10. The van der Waals surface area contributed by atoms with Crippen LogP contribution in [0, 0.1) is 5.41 Å². The number of hydrogen-bond donors (Lipinski definition) is 2. The predicted molar refractivity (Wildman–Crippen MR) is 130 cm³/mol. The average molecular weight is 466 g/mol. The van der Waals surface area contributed by atoms with Gasteiger partial charge < -0.3 is 25.1 Å². The lowest BCUT2D eigenvalue weighted by atomic mass is 9.81. The van der Waals surface area contributed by atoms with Crippen molar-refractivity contribution < 1.29 is 28.9 Å². The van der Waals surface area contributed by atoms with E-state index in [1.54, 1.807) is 0 Å². The molecule has 34 heavy (non-hydrogen) atoms. The number of carbonyl (C=O) groups excluding carboxylic acids is 2. The summed E-state index contributed by atoms with van der Waals surface area (Å²) in [6, 6.07) is 8.85. The molecular formula is C27H31NO6. The minimum Gasteiger partial charge on any atom is -0.464 e. The van der Waals surface area contributed by atoms with Gasteiger partial charge in [-0.25, -0.2) is 4.79 Å². The Bertz CT molecular complexity index is 1150. The van der Waals surface area contributed by atoms with Crippen LogP contribution in [0.25, 0.3) is 22.4 Å². The molecule has 7 heteroatoms. The van der Waals surface area contributed by atoms with Crippen molar-refractivity contribution in [3.8, 4) is 0 Å². The zero-order valence-corrected chi connectivity index (χ0v) is 19.5. The maximum absolute atomic E-state index is 12.0. The van der Waals surface area contributed by atoms with Gasteiger partial charge in [0.05, 0.1) is 13.2 Å². The van der Waals surface area contributed by atoms with E-state index in [-0.39, 0.29) is 26.4 Å². The molecule has 1 atom stereocenters. The molecule has 180 valence electrons. The monoisotopic (exact) mass is 465 g/mol. The summed E-state index contributed by atoms with van der Waals surface area (Å²) in [6.45, 7) is 0.993. The second-order valence-electron chi connectivity index (χ2n) is 9.06. The lowest BCUT2D eigenvalue weighted by Gasteiger charge is -2.24. The van der Waals surface area contributed by atoms with Gasteiger partial charge in [0.2, 0.25) is 0 Å². The van der Waals surface area contributed by atoms with Gasteiger partial charge in [-0.2, -0.15) is 0 Å². The van der Waals surface area contributed by atoms with Gasteiger partial charge in [-0.15, -0.1) is 0 Å². The van der Waals surface area contributed by atoms with Gasteiger partial charge in [-0.1, -0.05) is 42.5 Å². The molecule has 2 aliphatic rings. The largest absolute Gasteiger partial charge is 0.508 e. The van der Waals surface area contributed by atoms with Crippen LogP contribution in [-0.4, -0.2) is 50.2 Å². The molecule has 7 nitrogen and oxygen atoms in total. The first kappa shape index (κ1) is 24.0. The maximum atomic E-state index is 12.0. The number of hydrogen-bond acceptors (Lipinski definition) is 7. The Hall–Kier alpha value is -3.16. The normalized spacial score (nSPS) is 15.4. The van der Waals surface area contributed by atoms with Crippen LogP contribution in [0.1, 0.15) is 42.0 Å². The van der Waals surface area contributed by atoms with Gasteiger partial charge in [0.1, 0.15) is 18.6 Å². The molecule has 0 aliphatic heterocycles. The first-order valence-electron chi connectivity index (χ1n) is 11.7. The van der Waals surface area contributed by atoms with E-state index in [2.05, 4.69) is 42.5 Å². The number of allylic oxidation sites excluding steroid dienone is 3. The Labute approximate surface area is 199 Å². The molecule has 0 spiro atoms.